The Bertz CT molecular complexity index is 1400. The van der Waals surface area contributed by atoms with Gasteiger partial charge in [0, 0.05) is 12.6 Å². The van der Waals surface area contributed by atoms with E-state index in [9.17, 15) is 22.8 Å². The summed E-state index contributed by atoms with van der Waals surface area (Å²) in [6.07, 6.45) is -3.77. The van der Waals surface area contributed by atoms with Crippen LogP contribution in [0.3, 0.4) is 0 Å². The van der Waals surface area contributed by atoms with Crippen molar-refractivity contribution >= 4 is 12.0 Å². The minimum absolute atomic E-state index is 0.00273. The molecule has 0 saturated heterocycles. The lowest BCUT2D eigenvalue weighted by atomic mass is 10.1. The number of nitrogens with one attached hydrogen (secondary N) is 1. The summed E-state index contributed by atoms with van der Waals surface area (Å²) < 4.78 is 55.7. The topological polar surface area (TPSA) is 121 Å². The molecule has 4 aromatic rings. The zero-order valence-electron chi connectivity index (χ0n) is 19.6. The first-order chi connectivity index (χ1) is 17.6. The molecule has 13 heteroatoms. The van der Waals surface area contributed by atoms with Gasteiger partial charge in [-0.05, 0) is 42.0 Å². The highest BCUT2D eigenvalue weighted by Gasteiger charge is 2.30. The lowest BCUT2D eigenvalue weighted by Gasteiger charge is -2.10. The Labute approximate surface area is 208 Å². The minimum Gasteiger partial charge on any atom is -0.487 e. The van der Waals surface area contributed by atoms with Crippen molar-refractivity contribution in [3.63, 3.8) is 0 Å². The Morgan fingerprint density at radius 3 is 2.35 bits per heavy atom. The van der Waals surface area contributed by atoms with Gasteiger partial charge in [-0.2, -0.15) is 18.3 Å². The Hall–Kier alpha value is -4.68. The van der Waals surface area contributed by atoms with E-state index in [0.29, 0.717) is 22.4 Å². The number of alkyl carbamates (subject to hydrolysis) is 1. The van der Waals surface area contributed by atoms with Crippen LogP contribution < -0.4 is 10.1 Å². The molecule has 4 rings (SSSR count). The highest BCUT2D eigenvalue weighted by Crippen LogP contribution is 2.31. The van der Waals surface area contributed by atoms with E-state index in [0.717, 1.165) is 19.2 Å². The van der Waals surface area contributed by atoms with Crippen LogP contribution in [0.4, 0.5) is 18.0 Å². The standard InChI is InChI=1S/C24H20F3N5O5/c1-32-19(13-36-17-9-7-16(8-10-17)24(25,26)27)18(12-28-32)22-31-30-21(37-22)15-5-3-14(4-6-15)11-20(33)29-23(34)35-2/h3-10,12H,11,13H2,1-2H3,(H,29,33,34). The zero-order valence-corrected chi connectivity index (χ0v) is 19.6. The number of halogens is 3. The molecule has 0 spiro atoms. The third-order valence-electron chi connectivity index (χ3n) is 5.27. The molecule has 2 aromatic heterocycles. The highest BCUT2D eigenvalue weighted by atomic mass is 19.4. The number of hydrogen-bond donors (Lipinski definition) is 1. The molecule has 2 heterocycles. The number of alkyl halides is 3. The number of aryl methyl sites for hydroxylation is 1. The molecule has 0 aliphatic carbocycles. The maximum absolute atomic E-state index is 12.8. The summed E-state index contributed by atoms with van der Waals surface area (Å²) in [6.45, 7) is -0.00273. The van der Waals surface area contributed by atoms with Crippen LogP contribution in [0.5, 0.6) is 5.75 Å². The summed E-state index contributed by atoms with van der Waals surface area (Å²) in [5.41, 5.74) is 1.56. The van der Waals surface area contributed by atoms with E-state index in [1.54, 1.807) is 31.3 Å². The fourth-order valence-electron chi connectivity index (χ4n) is 3.31. The largest absolute Gasteiger partial charge is 0.487 e. The number of hydrogen-bond acceptors (Lipinski definition) is 8. The number of carbonyl (C=O) groups excluding carboxylic acids is 2. The number of carbonyl (C=O) groups is 2. The third-order valence-corrected chi connectivity index (χ3v) is 5.27. The fraction of sp³-hybridized carbons (Fsp3) is 0.208. The first-order valence-corrected chi connectivity index (χ1v) is 10.8. The predicted molar refractivity (Wildman–Crippen MR) is 122 cm³/mol. The number of nitrogens with zero attached hydrogens (tertiary/aromatic N) is 4. The van der Waals surface area contributed by atoms with E-state index >= 15 is 0 Å². The normalized spacial score (nSPS) is 11.3. The first kappa shape index (κ1) is 25.4. The van der Waals surface area contributed by atoms with Gasteiger partial charge < -0.3 is 13.9 Å². The van der Waals surface area contributed by atoms with Crippen LogP contribution in [0.2, 0.25) is 0 Å². The Morgan fingerprint density at radius 1 is 1.03 bits per heavy atom. The second-order valence-electron chi connectivity index (χ2n) is 7.77. The van der Waals surface area contributed by atoms with Gasteiger partial charge in [0.15, 0.2) is 0 Å². The van der Waals surface area contributed by atoms with E-state index in [2.05, 4.69) is 25.3 Å². The summed E-state index contributed by atoms with van der Waals surface area (Å²) >= 11 is 0. The number of imide groups is 1. The first-order valence-electron chi connectivity index (χ1n) is 10.8. The van der Waals surface area contributed by atoms with Crippen molar-refractivity contribution in [3.8, 4) is 28.7 Å². The van der Waals surface area contributed by atoms with E-state index in [4.69, 9.17) is 9.15 Å². The lowest BCUT2D eigenvalue weighted by molar-refractivity contribution is -0.137. The summed E-state index contributed by atoms with van der Waals surface area (Å²) in [6, 6.07) is 11.1. The molecule has 0 unspecified atom stereocenters. The Morgan fingerprint density at radius 2 is 1.70 bits per heavy atom. The van der Waals surface area contributed by atoms with Gasteiger partial charge in [-0.3, -0.25) is 14.8 Å². The van der Waals surface area contributed by atoms with Gasteiger partial charge in [0.1, 0.15) is 12.4 Å². The smallest absolute Gasteiger partial charge is 0.416 e. The molecular formula is C24H20F3N5O5. The molecule has 0 radical (unpaired) electrons. The van der Waals surface area contributed by atoms with Gasteiger partial charge in [-0.1, -0.05) is 12.1 Å². The third kappa shape index (κ3) is 6.12. The zero-order chi connectivity index (χ0) is 26.6. The van der Waals surface area contributed by atoms with Crippen LogP contribution in [0.25, 0.3) is 22.9 Å². The molecule has 37 heavy (non-hydrogen) atoms. The molecule has 1 N–H and O–H groups in total. The quantitative estimate of drug-likeness (QED) is 0.390. The van der Waals surface area contributed by atoms with Gasteiger partial charge in [0.25, 0.3) is 5.89 Å². The maximum Gasteiger partial charge on any atom is 0.416 e. The van der Waals surface area contributed by atoms with Crippen LogP contribution >= 0.6 is 0 Å². The molecule has 0 aliphatic heterocycles. The van der Waals surface area contributed by atoms with Crippen LogP contribution in [-0.2, 0) is 35.8 Å². The van der Waals surface area contributed by atoms with Crippen molar-refractivity contribution < 1.29 is 36.7 Å². The molecule has 10 nitrogen and oxygen atoms in total. The second kappa shape index (κ2) is 10.5. The number of methoxy groups -OCH3 is 1. The van der Waals surface area contributed by atoms with Crippen LogP contribution in [-0.4, -0.2) is 39.1 Å². The highest BCUT2D eigenvalue weighted by molar-refractivity contribution is 5.92. The van der Waals surface area contributed by atoms with Crippen molar-refractivity contribution in [1.82, 2.24) is 25.3 Å². The van der Waals surface area contributed by atoms with Crippen molar-refractivity contribution in [2.45, 2.75) is 19.2 Å². The number of amides is 2. The molecule has 0 aliphatic rings. The molecule has 2 aromatic carbocycles. The molecule has 0 fully saturated rings. The molecule has 2 amide bonds. The summed E-state index contributed by atoms with van der Waals surface area (Å²) in [5.74, 6) is 0.142. The summed E-state index contributed by atoms with van der Waals surface area (Å²) in [5, 5.41) is 14.4. The Balaban J connectivity index is 1.44. The van der Waals surface area contributed by atoms with E-state index < -0.39 is 23.7 Å². The van der Waals surface area contributed by atoms with Gasteiger partial charge in [0.05, 0.1) is 36.5 Å². The molecule has 192 valence electrons. The second-order valence-corrected chi connectivity index (χ2v) is 7.77. The van der Waals surface area contributed by atoms with Crippen molar-refractivity contribution in [3.05, 3.63) is 71.5 Å². The number of ether oxygens (including phenoxy) is 2. The monoisotopic (exact) mass is 515 g/mol. The lowest BCUT2D eigenvalue weighted by Crippen LogP contribution is -2.31. The van der Waals surface area contributed by atoms with E-state index in [1.807, 2.05) is 0 Å². The van der Waals surface area contributed by atoms with Crippen LogP contribution in [0.1, 0.15) is 16.8 Å². The molecular weight excluding hydrogens is 495 g/mol. The summed E-state index contributed by atoms with van der Waals surface area (Å²) in [7, 11) is 2.85. The van der Waals surface area contributed by atoms with Gasteiger partial charge in [-0.25, -0.2) is 4.79 Å². The average molecular weight is 515 g/mol. The van der Waals surface area contributed by atoms with Crippen LogP contribution in [0, 0.1) is 0 Å². The molecule has 0 bridgehead atoms. The Kier molecular flexibility index (Phi) is 7.22. The molecule has 0 atom stereocenters. The van der Waals surface area contributed by atoms with Gasteiger partial charge in [-0.15, -0.1) is 10.2 Å². The number of benzene rings is 2. The fourth-order valence-corrected chi connectivity index (χ4v) is 3.31. The van der Waals surface area contributed by atoms with E-state index in [-0.39, 0.29) is 30.6 Å². The molecule has 0 saturated carbocycles. The minimum atomic E-state index is -4.43. The van der Waals surface area contributed by atoms with Crippen LogP contribution in [0.15, 0.2) is 59.1 Å². The number of rotatable bonds is 7. The maximum atomic E-state index is 12.8. The van der Waals surface area contributed by atoms with Crippen molar-refractivity contribution in [2.75, 3.05) is 7.11 Å². The van der Waals surface area contributed by atoms with Crippen molar-refractivity contribution in [1.29, 1.82) is 0 Å². The average Bonchev–Trinajstić information content (AvgIpc) is 3.49. The predicted octanol–water partition coefficient (Wildman–Crippen LogP) is 4.16. The SMILES string of the molecule is COC(=O)NC(=O)Cc1ccc(-c2nnc(-c3cnn(C)c3COc3ccc(C(F)(F)F)cc3)o2)cc1. The number of aromatic nitrogens is 4. The van der Waals surface area contributed by atoms with Gasteiger partial charge >= 0.3 is 12.3 Å². The summed E-state index contributed by atoms with van der Waals surface area (Å²) in [4.78, 5) is 22.9. The van der Waals surface area contributed by atoms with Crippen molar-refractivity contribution in [2.24, 2.45) is 7.05 Å². The van der Waals surface area contributed by atoms with E-state index in [1.165, 1.54) is 23.0 Å². The van der Waals surface area contributed by atoms with Gasteiger partial charge in [0.2, 0.25) is 11.8 Å².